The summed E-state index contributed by atoms with van der Waals surface area (Å²) < 4.78 is 0. The quantitative estimate of drug-likeness (QED) is 0.831. The van der Waals surface area contributed by atoms with Crippen LogP contribution in [0.25, 0.3) is 0 Å². The van der Waals surface area contributed by atoms with Crippen molar-refractivity contribution < 1.29 is 9.59 Å². The molecule has 0 saturated carbocycles. The largest absolute Gasteiger partial charge is 0.349 e. The Hall–Kier alpha value is -2.25. The van der Waals surface area contributed by atoms with Gasteiger partial charge in [-0.2, -0.15) is 0 Å². The maximum absolute atomic E-state index is 12.5. The fourth-order valence-corrected chi connectivity index (χ4v) is 4.87. The first-order chi connectivity index (χ1) is 13.2. The minimum absolute atomic E-state index is 0.00589. The van der Waals surface area contributed by atoms with E-state index in [1.807, 2.05) is 35.7 Å². The van der Waals surface area contributed by atoms with Crippen molar-refractivity contribution in [3.63, 3.8) is 0 Å². The number of amides is 2. The van der Waals surface area contributed by atoms with E-state index >= 15 is 0 Å². The molecular weight excluding hydrogens is 360 g/mol. The van der Waals surface area contributed by atoms with Gasteiger partial charge in [-0.05, 0) is 37.8 Å². The van der Waals surface area contributed by atoms with Crippen LogP contribution in [0.2, 0.25) is 0 Å². The zero-order chi connectivity index (χ0) is 18.6. The molecule has 0 aliphatic carbocycles. The number of aromatic nitrogens is 1. The highest BCUT2D eigenvalue weighted by molar-refractivity contribution is 7.13. The molecule has 3 heterocycles. The summed E-state index contributed by atoms with van der Waals surface area (Å²) in [5, 5.41) is 8.58. The summed E-state index contributed by atoms with van der Waals surface area (Å²) in [6.45, 7) is 0.397. The number of nitrogens with zero attached hydrogens (tertiary/aromatic N) is 2. The van der Waals surface area contributed by atoms with Crippen LogP contribution in [-0.2, 0) is 4.79 Å². The number of fused-ring (bicyclic) bond motifs is 2. The summed E-state index contributed by atoms with van der Waals surface area (Å²) in [7, 11) is 0. The molecule has 3 atom stereocenters. The number of carbonyl (C=O) groups is 2. The molecule has 4 rings (SSSR count). The minimum atomic E-state index is -0.00591. The van der Waals surface area contributed by atoms with Crippen LogP contribution >= 0.6 is 11.3 Å². The molecule has 0 radical (unpaired) electrons. The van der Waals surface area contributed by atoms with E-state index in [9.17, 15) is 9.59 Å². The predicted molar refractivity (Wildman–Crippen MR) is 106 cm³/mol. The lowest BCUT2D eigenvalue weighted by molar-refractivity contribution is -0.120. The SMILES string of the molecule is O=C(CN1[C@@H]2CCC[C@H]1CC(NC(=O)c1ccccc1)C2)Nc1nccs1. The Morgan fingerprint density at radius 1 is 1.15 bits per heavy atom. The molecule has 2 N–H and O–H groups in total. The lowest BCUT2D eigenvalue weighted by atomic mass is 9.81. The molecule has 27 heavy (non-hydrogen) atoms. The molecule has 2 saturated heterocycles. The predicted octanol–water partition coefficient (Wildman–Crippen LogP) is 2.90. The second kappa shape index (κ2) is 8.19. The summed E-state index contributed by atoms with van der Waals surface area (Å²) in [5.74, 6) is -0.0118. The molecule has 2 aliphatic rings. The van der Waals surface area contributed by atoms with Gasteiger partial charge in [0.25, 0.3) is 5.91 Å². The maximum atomic E-state index is 12.5. The van der Waals surface area contributed by atoms with Crippen molar-refractivity contribution in [3.05, 3.63) is 47.5 Å². The van der Waals surface area contributed by atoms with Gasteiger partial charge < -0.3 is 10.6 Å². The average molecular weight is 385 g/mol. The first-order valence-corrected chi connectivity index (χ1v) is 10.4. The normalized spacial score (nSPS) is 25.0. The van der Waals surface area contributed by atoms with E-state index in [0.29, 0.717) is 29.3 Å². The number of piperidine rings is 2. The third-order valence-corrected chi connectivity index (χ3v) is 6.19. The number of hydrogen-bond acceptors (Lipinski definition) is 5. The highest BCUT2D eigenvalue weighted by Crippen LogP contribution is 2.34. The Balaban J connectivity index is 1.36. The number of nitrogens with one attached hydrogen (secondary N) is 2. The Morgan fingerprint density at radius 3 is 2.56 bits per heavy atom. The van der Waals surface area contributed by atoms with Crippen molar-refractivity contribution in [1.29, 1.82) is 0 Å². The first kappa shape index (κ1) is 18.1. The monoisotopic (exact) mass is 384 g/mol. The van der Waals surface area contributed by atoms with Crippen LogP contribution in [-0.4, -0.2) is 46.4 Å². The van der Waals surface area contributed by atoms with Gasteiger partial charge in [0.05, 0.1) is 6.54 Å². The van der Waals surface area contributed by atoms with Gasteiger partial charge in [0, 0.05) is 35.3 Å². The molecule has 7 heteroatoms. The standard InChI is InChI=1S/C20H24N4O2S/c25-18(23-20-21-9-10-27-20)13-24-16-7-4-8-17(24)12-15(11-16)22-19(26)14-5-2-1-3-6-14/h1-3,5-6,9-10,15-17H,4,7-8,11-13H2,(H,22,26)(H,21,23,25)/t15?,16-,17+. The van der Waals surface area contributed by atoms with E-state index in [4.69, 9.17) is 0 Å². The Morgan fingerprint density at radius 2 is 1.89 bits per heavy atom. The number of carbonyl (C=O) groups excluding carboxylic acids is 2. The molecule has 2 aromatic rings. The summed E-state index contributed by atoms with van der Waals surface area (Å²) >= 11 is 1.43. The molecule has 142 valence electrons. The van der Waals surface area contributed by atoms with Crippen LogP contribution < -0.4 is 10.6 Å². The molecule has 2 bridgehead atoms. The van der Waals surface area contributed by atoms with Crippen LogP contribution in [0.1, 0.15) is 42.5 Å². The molecular formula is C20H24N4O2S. The topological polar surface area (TPSA) is 74.3 Å². The molecule has 2 amide bonds. The van der Waals surface area contributed by atoms with Crippen molar-refractivity contribution in [2.75, 3.05) is 11.9 Å². The number of benzene rings is 1. The summed E-state index contributed by atoms with van der Waals surface area (Å²) in [5.41, 5.74) is 0.702. The molecule has 6 nitrogen and oxygen atoms in total. The van der Waals surface area contributed by atoms with Crippen molar-refractivity contribution in [3.8, 4) is 0 Å². The molecule has 2 aliphatic heterocycles. The van der Waals surface area contributed by atoms with E-state index in [1.54, 1.807) is 6.20 Å². The van der Waals surface area contributed by atoms with E-state index in [2.05, 4.69) is 20.5 Å². The highest BCUT2D eigenvalue weighted by Gasteiger charge is 2.39. The zero-order valence-corrected chi connectivity index (χ0v) is 16.0. The van der Waals surface area contributed by atoms with Gasteiger partial charge in [-0.25, -0.2) is 4.98 Å². The van der Waals surface area contributed by atoms with Crippen molar-refractivity contribution in [2.24, 2.45) is 0 Å². The highest BCUT2D eigenvalue weighted by atomic mass is 32.1. The fraction of sp³-hybridized carbons (Fsp3) is 0.450. The lowest BCUT2D eigenvalue weighted by Gasteiger charge is -2.48. The van der Waals surface area contributed by atoms with Crippen LogP contribution in [0.4, 0.5) is 5.13 Å². The van der Waals surface area contributed by atoms with Crippen molar-refractivity contribution in [1.82, 2.24) is 15.2 Å². The summed E-state index contributed by atoms with van der Waals surface area (Å²) in [6.07, 6.45) is 6.85. The van der Waals surface area contributed by atoms with E-state index < -0.39 is 0 Å². The Kier molecular flexibility index (Phi) is 5.50. The third-order valence-electron chi connectivity index (χ3n) is 5.50. The summed E-state index contributed by atoms with van der Waals surface area (Å²) in [6, 6.07) is 10.2. The second-order valence-corrected chi connectivity index (χ2v) is 8.20. The van der Waals surface area contributed by atoms with Crippen molar-refractivity contribution >= 4 is 28.3 Å². The molecule has 1 aromatic heterocycles. The van der Waals surface area contributed by atoms with Crippen LogP contribution in [0.15, 0.2) is 41.9 Å². The van der Waals surface area contributed by atoms with Gasteiger partial charge in [0.2, 0.25) is 5.91 Å². The second-order valence-electron chi connectivity index (χ2n) is 7.30. The number of thiazole rings is 1. The van der Waals surface area contributed by atoms with Crippen molar-refractivity contribution in [2.45, 2.75) is 50.2 Å². The van der Waals surface area contributed by atoms with E-state index in [-0.39, 0.29) is 17.9 Å². The van der Waals surface area contributed by atoms with E-state index in [1.165, 1.54) is 17.8 Å². The molecule has 0 spiro atoms. The van der Waals surface area contributed by atoms with Gasteiger partial charge in [-0.3, -0.25) is 14.5 Å². The molecule has 1 unspecified atom stereocenters. The van der Waals surface area contributed by atoms with E-state index in [0.717, 1.165) is 25.7 Å². The number of rotatable bonds is 5. The van der Waals surface area contributed by atoms with Gasteiger partial charge >= 0.3 is 0 Å². The smallest absolute Gasteiger partial charge is 0.251 e. The van der Waals surface area contributed by atoms with Crippen LogP contribution in [0, 0.1) is 0 Å². The fourth-order valence-electron chi connectivity index (χ4n) is 4.32. The Bertz CT molecular complexity index is 767. The summed E-state index contributed by atoms with van der Waals surface area (Å²) in [4.78, 5) is 31.3. The lowest BCUT2D eigenvalue weighted by Crippen LogP contribution is -2.58. The van der Waals surface area contributed by atoms with Crippen LogP contribution in [0.5, 0.6) is 0 Å². The third kappa shape index (κ3) is 4.36. The van der Waals surface area contributed by atoms with Gasteiger partial charge in [-0.1, -0.05) is 24.6 Å². The average Bonchev–Trinajstić information content (AvgIpc) is 3.16. The first-order valence-electron chi connectivity index (χ1n) is 9.50. The Labute approximate surface area is 163 Å². The van der Waals surface area contributed by atoms with Gasteiger partial charge in [0.1, 0.15) is 0 Å². The van der Waals surface area contributed by atoms with Gasteiger partial charge in [0.15, 0.2) is 5.13 Å². The molecule has 1 aromatic carbocycles. The maximum Gasteiger partial charge on any atom is 0.251 e. The number of anilines is 1. The zero-order valence-electron chi connectivity index (χ0n) is 15.1. The van der Waals surface area contributed by atoms with Crippen LogP contribution in [0.3, 0.4) is 0 Å². The minimum Gasteiger partial charge on any atom is -0.349 e. The molecule has 2 fully saturated rings. The van der Waals surface area contributed by atoms with Gasteiger partial charge in [-0.15, -0.1) is 11.3 Å². The number of hydrogen-bond donors (Lipinski definition) is 2.